The lowest BCUT2D eigenvalue weighted by molar-refractivity contribution is -0.865. The van der Waals surface area contributed by atoms with Crippen molar-refractivity contribution in [2.75, 3.05) is 45.6 Å². The molecule has 1 fully saturated rings. The number of nitrogens with one attached hydrogen (secondary N) is 3. The molecule has 23 heavy (non-hydrogen) atoms. The monoisotopic (exact) mass is 342 g/mol. The van der Waals surface area contributed by atoms with Crippen LogP contribution in [-0.2, 0) is 10.0 Å². The molecule has 2 rings (SSSR count). The molecule has 0 radical (unpaired) electrons. The Morgan fingerprint density at radius 3 is 2.43 bits per heavy atom. The number of aromatic amines is 1. The molecule has 0 bridgehead atoms. The molecule has 1 aliphatic rings. The number of hydrogen-bond donors (Lipinski definition) is 2. The summed E-state index contributed by atoms with van der Waals surface area (Å²) in [5, 5.41) is 3.36. The summed E-state index contributed by atoms with van der Waals surface area (Å²) in [6.07, 6.45) is 3.48. The lowest BCUT2D eigenvalue weighted by Gasteiger charge is -2.23. The van der Waals surface area contributed by atoms with Crippen molar-refractivity contribution in [3.05, 3.63) is 18.3 Å². The molecular weight excluding hydrogens is 312 g/mol. The molecule has 130 valence electrons. The molecule has 0 unspecified atom stereocenters. The van der Waals surface area contributed by atoms with Gasteiger partial charge in [-0.05, 0) is 18.9 Å². The number of anilines is 1. The summed E-state index contributed by atoms with van der Waals surface area (Å²) < 4.78 is 26.5. The highest BCUT2D eigenvalue weighted by molar-refractivity contribution is 7.89. The Balaban J connectivity index is 1.99. The summed E-state index contributed by atoms with van der Waals surface area (Å²) in [6.45, 7) is 7.58. The van der Waals surface area contributed by atoms with Crippen molar-refractivity contribution in [3.63, 3.8) is 0 Å². The zero-order chi connectivity index (χ0) is 17.1. The topological polar surface area (TPSA) is 68.0 Å². The SMILES string of the molecule is C[NH+](C)CC(C)(C)CNc1ccc(S(=O)(=O)N2CCCC2)c[nH+]1. The summed E-state index contributed by atoms with van der Waals surface area (Å²) in [4.78, 5) is 4.81. The van der Waals surface area contributed by atoms with E-state index in [0.717, 1.165) is 31.7 Å². The van der Waals surface area contributed by atoms with Crippen molar-refractivity contribution in [1.82, 2.24) is 4.31 Å². The molecule has 1 aromatic rings. The fourth-order valence-corrected chi connectivity index (χ4v) is 4.60. The quantitative estimate of drug-likeness (QED) is 0.725. The highest BCUT2D eigenvalue weighted by Crippen LogP contribution is 2.20. The zero-order valence-electron chi connectivity index (χ0n) is 14.6. The maximum atomic E-state index is 12.5. The van der Waals surface area contributed by atoms with Gasteiger partial charge in [-0.25, -0.2) is 13.4 Å². The van der Waals surface area contributed by atoms with Crippen molar-refractivity contribution >= 4 is 15.8 Å². The van der Waals surface area contributed by atoms with E-state index in [9.17, 15) is 8.42 Å². The second-order valence-corrected chi connectivity index (χ2v) is 9.39. The second-order valence-electron chi connectivity index (χ2n) is 7.45. The zero-order valence-corrected chi connectivity index (χ0v) is 15.5. The number of H-pyrrole nitrogens is 1. The minimum absolute atomic E-state index is 0.160. The van der Waals surface area contributed by atoms with Gasteiger partial charge in [-0.1, -0.05) is 13.8 Å². The number of aromatic nitrogens is 1. The molecule has 0 aliphatic carbocycles. The summed E-state index contributed by atoms with van der Waals surface area (Å²) >= 11 is 0. The van der Waals surface area contributed by atoms with Crippen LogP contribution in [0.25, 0.3) is 0 Å². The van der Waals surface area contributed by atoms with Crippen molar-refractivity contribution in [2.24, 2.45) is 5.41 Å². The van der Waals surface area contributed by atoms with Crippen molar-refractivity contribution in [2.45, 2.75) is 31.6 Å². The molecule has 0 spiro atoms. The van der Waals surface area contributed by atoms with Crippen molar-refractivity contribution < 1.29 is 18.3 Å². The largest absolute Gasteiger partial charge is 0.339 e. The molecule has 3 N–H and O–H groups in total. The molecule has 0 saturated carbocycles. The lowest BCUT2D eigenvalue weighted by Crippen LogP contribution is -3.07. The van der Waals surface area contributed by atoms with E-state index >= 15 is 0 Å². The minimum atomic E-state index is -3.34. The van der Waals surface area contributed by atoms with Gasteiger partial charge in [0.1, 0.15) is 11.1 Å². The minimum Gasteiger partial charge on any atom is -0.339 e. The molecule has 2 heterocycles. The predicted octanol–water partition coefficient (Wildman–Crippen LogP) is -0.132. The Kier molecular flexibility index (Phi) is 5.65. The first kappa shape index (κ1) is 18.2. The molecule has 0 aromatic carbocycles. The van der Waals surface area contributed by atoms with Crippen LogP contribution in [0.1, 0.15) is 26.7 Å². The predicted molar refractivity (Wildman–Crippen MR) is 90.9 cm³/mol. The van der Waals surface area contributed by atoms with E-state index in [4.69, 9.17) is 0 Å². The number of rotatable bonds is 7. The highest BCUT2D eigenvalue weighted by atomic mass is 32.2. The molecule has 7 heteroatoms. The molecule has 6 nitrogen and oxygen atoms in total. The lowest BCUT2D eigenvalue weighted by atomic mass is 9.93. The Morgan fingerprint density at radius 2 is 1.91 bits per heavy atom. The average Bonchev–Trinajstić information content (AvgIpc) is 2.99. The van der Waals surface area contributed by atoms with Gasteiger partial charge in [0.05, 0.1) is 32.6 Å². The van der Waals surface area contributed by atoms with Gasteiger partial charge in [0.15, 0.2) is 0 Å². The summed E-state index contributed by atoms with van der Waals surface area (Å²) in [5.74, 6) is 0.840. The van der Waals surface area contributed by atoms with Gasteiger partial charge >= 0.3 is 0 Å². The number of pyridine rings is 1. The van der Waals surface area contributed by atoms with Gasteiger partial charge in [0, 0.05) is 19.2 Å². The smallest absolute Gasteiger partial charge is 0.272 e. The summed E-state index contributed by atoms with van der Waals surface area (Å²) in [5.41, 5.74) is 0.160. The van der Waals surface area contributed by atoms with Gasteiger partial charge in [-0.3, -0.25) is 5.32 Å². The molecular formula is C16H30N4O2S+2. The van der Waals surface area contributed by atoms with Crippen LogP contribution in [0.4, 0.5) is 5.82 Å². The summed E-state index contributed by atoms with van der Waals surface area (Å²) in [7, 11) is 0.946. The molecule has 1 aromatic heterocycles. The van der Waals surface area contributed by atoms with Crippen molar-refractivity contribution in [1.29, 1.82) is 0 Å². The first-order chi connectivity index (χ1) is 10.7. The third kappa shape index (κ3) is 4.89. The van der Waals surface area contributed by atoms with E-state index in [1.807, 2.05) is 6.07 Å². The van der Waals surface area contributed by atoms with E-state index in [1.54, 1.807) is 16.6 Å². The average molecular weight is 343 g/mol. The maximum absolute atomic E-state index is 12.5. The fraction of sp³-hybridized carbons (Fsp3) is 0.688. The first-order valence-electron chi connectivity index (χ1n) is 8.25. The molecule has 0 atom stereocenters. The van der Waals surface area contributed by atoms with Crippen LogP contribution >= 0.6 is 0 Å². The number of nitrogens with zero attached hydrogens (tertiary/aromatic N) is 1. The van der Waals surface area contributed by atoms with Crippen LogP contribution in [0.3, 0.4) is 0 Å². The Morgan fingerprint density at radius 1 is 1.26 bits per heavy atom. The van der Waals surface area contributed by atoms with Crippen molar-refractivity contribution in [3.8, 4) is 0 Å². The number of sulfonamides is 1. The third-order valence-electron chi connectivity index (χ3n) is 4.08. The maximum Gasteiger partial charge on any atom is 0.272 e. The Hall–Kier alpha value is -1.18. The fourth-order valence-electron chi connectivity index (χ4n) is 3.11. The standard InChI is InChI=1S/C16H28N4O2S/c1-16(2,13-19(3)4)12-18-15-8-7-14(11-17-15)23(21,22)20-9-5-6-10-20/h7-8,11H,5-6,9-10,12-13H2,1-4H3,(H,17,18)/p+2. The summed E-state index contributed by atoms with van der Waals surface area (Å²) in [6, 6.07) is 3.48. The van der Waals surface area contributed by atoms with Gasteiger partial charge in [0.2, 0.25) is 10.0 Å². The number of hydrogen-bond acceptors (Lipinski definition) is 3. The van der Waals surface area contributed by atoms with E-state index in [1.165, 1.54) is 4.90 Å². The van der Waals surface area contributed by atoms with Crippen LogP contribution in [-0.4, -0.2) is 53.0 Å². The Bertz CT molecular complexity index is 605. The molecule has 1 saturated heterocycles. The third-order valence-corrected chi connectivity index (χ3v) is 5.97. The van der Waals surface area contributed by atoms with Crippen LogP contribution in [0.15, 0.2) is 23.2 Å². The van der Waals surface area contributed by atoms with Gasteiger partial charge < -0.3 is 4.90 Å². The van der Waals surface area contributed by atoms with Gasteiger partial charge in [-0.2, -0.15) is 4.31 Å². The second kappa shape index (κ2) is 7.15. The van der Waals surface area contributed by atoms with Crippen LogP contribution in [0.2, 0.25) is 0 Å². The first-order valence-corrected chi connectivity index (χ1v) is 9.69. The van der Waals surface area contributed by atoms with E-state index in [2.05, 4.69) is 38.2 Å². The van der Waals surface area contributed by atoms with Crippen LogP contribution in [0, 0.1) is 5.41 Å². The number of quaternary nitrogens is 1. The van der Waals surface area contributed by atoms with E-state index in [-0.39, 0.29) is 5.41 Å². The van der Waals surface area contributed by atoms with E-state index < -0.39 is 10.0 Å². The van der Waals surface area contributed by atoms with Gasteiger partial charge in [-0.15, -0.1) is 0 Å². The van der Waals surface area contributed by atoms with Crippen LogP contribution < -0.4 is 15.2 Å². The van der Waals surface area contributed by atoms with Crippen LogP contribution in [0.5, 0.6) is 0 Å². The highest BCUT2D eigenvalue weighted by Gasteiger charge is 2.28. The molecule has 0 amide bonds. The Labute approximate surface area is 139 Å². The molecule has 1 aliphatic heterocycles. The van der Waals surface area contributed by atoms with E-state index in [0.29, 0.717) is 18.0 Å². The van der Waals surface area contributed by atoms with Gasteiger partial charge in [0.25, 0.3) is 5.82 Å². The normalized spacial score (nSPS) is 16.9.